The Bertz CT molecular complexity index is 700. The summed E-state index contributed by atoms with van der Waals surface area (Å²) in [7, 11) is 0. The van der Waals surface area contributed by atoms with Gasteiger partial charge in [0.25, 0.3) is 0 Å². The van der Waals surface area contributed by atoms with E-state index < -0.39 is 0 Å². The van der Waals surface area contributed by atoms with Gasteiger partial charge in [-0.2, -0.15) is 17.7 Å². The molecule has 1 heterocycles. The molecule has 0 N–H and O–H groups in total. The average Bonchev–Trinajstić information content (AvgIpc) is 2.93. The van der Waals surface area contributed by atoms with Gasteiger partial charge in [0.2, 0.25) is 0 Å². The van der Waals surface area contributed by atoms with Crippen molar-refractivity contribution in [1.29, 1.82) is 0 Å². The lowest BCUT2D eigenvalue weighted by Gasteiger charge is -2.01. The number of thiol groups is 1. The zero-order chi connectivity index (χ0) is 13.9. The van der Waals surface area contributed by atoms with E-state index in [0.29, 0.717) is 5.75 Å². The molecule has 100 valence electrons. The Kier molecular flexibility index (Phi) is 3.61. The molecule has 0 aliphatic heterocycles. The summed E-state index contributed by atoms with van der Waals surface area (Å²) in [6.07, 6.45) is 2.05. The van der Waals surface area contributed by atoms with Crippen LogP contribution in [0.25, 0.3) is 16.9 Å². The maximum Gasteiger partial charge on any atom is 0.0967 e. The summed E-state index contributed by atoms with van der Waals surface area (Å²) in [5.41, 5.74) is 5.59. The quantitative estimate of drug-likeness (QED) is 0.709. The first-order chi connectivity index (χ1) is 9.78. The van der Waals surface area contributed by atoms with E-state index in [1.54, 1.807) is 0 Å². The Morgan fingerprint density at radius 3 is 2.35 bits per heavy atom. The van der Waals surface area contributed by atoms with Crippen LogP contribution >= 0.6 is 12.6 Å². The fraction of sp³-hybridized carbons (Fsp3) is 0.118. The second kappa shape index (κ2) is 5.55. The summed E-state index contributed by atoms with van der Waals surface area (Å²) in [4.78, 5) is 0. The maximum atomic E-state index is 4.72. The Morgan fingerprint density at radius 1 is 1.00 bits per heavy atom. The second-order valence-electron chi connectivity index (χ2n) is 4.81. The third kappa shape index (κ3) is 2.49. The Morgan fingerprint density at radius 2 is 1.70 bits per heavy atom. The van der Waals surface area contributed by atoms with E-state index in [0.717, 1.165) is 22.5 Å². The number of para-hydroxylation sites is 1. The number of hydrogen-bond acceptors (Lipinski definition) is 2. The van der Waals surface area contributed by atoms with Crippen LogP contribution in [-0.2, 0) is 5.75 Å². The van der Waals surface area contributed by atoms with Gasteiger partial charge in [-0.25, -0.2) is 4.68 Å². The minimum absolute atomic E-state index is 0.677. The summed E-state index contributed by atoms with van der Waals surface area (Å²) in [6.45, 7) is 2.09. The lowest BCUT2D eigenvalue weighted by molar-refractivity contribution is 0.884. The predicted octanol–water partition coefficient (Wildman–Crippen LogP) is 4.28. The van der Waals surface area contributed by atoms with Crippen LogP contribution < -0.4 is 0 Å². The molecule has 20 heavy (non-hydrogen) atoms. The highest BCUT2D eigenvalue weighted by atomic mass is 32.1. The van der Waals surface area contributed by atoms with Crippen LogP contribution in [0.5, 0.6) is 0 Å². The molecule has 3 rings (SSSR count). The van der Waals surface area contributed by atoms with Crippen LogP contribution in [0.4, 0.5) is 0 Å². The lowest BCUT2D eigenvalue weighted by Crippen LogP contribution is -1.93. The minimum atomic E-state index is 0.677. The SMILES string of the molecule is Cc1ccc(-c2nn(-c3ccccc3)cc2CS)cc1. The molecule has 0 unspecified atom stereocenters. The zero-order valence-electron chi connectivity index (χ0n) is 11.3. The molecule has 0 aliphatic carbocycles. The topological polar surface area (TPSA) is 17.8 Å². The monoisotopic (exact) mass is 280 g/mol. The van der Waals surface area contributed by atoms with Crippen molar-refractivity contribution >= 4 is 12.6 Å². The smallest absolute Gasteiger partial charge is 0.0967 e. The zero-order valence-corrected chi connectivity index (χ0v) is 12.2. The highest BCUT2D eigenvalue weighted by molar-refractivity contribution is 7.79. The van der Waals surface area contributed by atoms with Gasteiger partial charge in [-0.05, 0) is 19.1 Å². The van der Waals surface area contributed by atoms with Gasteiger partial charge in [0.1, 0.15) is 0 Å². The van der Waals surface area contributed by atoms with Gasteiger partial charge < -0.3 is 0 Å². The maximum absolute atomic E-state index is 4.72. The molecule has 0 fully saturated rings. The molecule has 2 nitrogen and oxygen atoms in total. The molecular weight excluding hydrogens is 264 g/mol. The largest absolute Gasteiger partial charge is 0.240 e. The van der Waals surface area contributed by atoms with Crippen molar-refractivity contribution in [3.8, 4) is 16.9 Å². The van der Waals surface area contributed by atoms with E-state index in [1.165, 1.54) is 5.56 Å². The summed E-state index contributed by atoms with van der Waals surface area (Å²) in [6, 6.07) is 18.6. The van der Waals surface area contributed by atoms with Crippen molar-refractivity contribution in [2.24, 2.45) is 0 Å². The van der Waals surface area contributed by atoms with Crippen molar-refractivity contribution in [3.63, 3.8) is 0 Å². The summed E-state index contributed by atoms with van der Waals surface area (Å²) < 4.78 is 1.92. The van der Waals surface area contributed by atoms with Crippen LogP contribution in [0.1, 0.15) is 11.1 Å². The first kappa shape index (κ1) is 13.0. The Labute approximate surface area is 124 Å². The Hall–Kier alpha value is -2.00. The first-order valence-electron chi connectivity index (χ1n) is 6.60. The van der Waals surface area contributed by atoms with E-state index in [-0.39, 0.29) is 0 Å². The van der Waals surface area contributed by atoms with Crippen molar-refractivity contribution in [1.82, 2.24) is 9.78 Å². The molecule has 0 spiro atoms. The fourth-order valence-electron chi connectivity index (χ4n) is 2.19. The normalized spacial score (nSPS) is 10.7. The summed E-state index contributed by atoms with van der Waals surface area (Å²) in [5.74, 6) is 0.677. The fourth-order valence-corrected chi connectivity index (χ4v) is 2.42. The number of hydrogen-bond donors (Lipinski definition) is 1. The highest BCUT2D eigenvalue weighted by Gasteiger charge is 2.10. The average molecular weight is 280 g/mol. The molecule has 0 radical (unpaired) electrons. The predicted molar refractivity (Wildman–Crippen MR) is 86.4 cm³/mol. The number of aryl methyl sites for hydroxylation is 1. The van der Waals surface area contributed by atoms with Gasteiger partial charge in [-0.3, -0.25) is 0 Å². The van der Waals surface area contributed by atoms with Crippen molar-refractivity contribution < 1.29 is 0 Å². The van der Waals surface area contributed by atoms with Crippen molar-refractivity contribution in [2.45, 2.75) is 12.7 Å². The van der Waals surface area contributed by atoms with Gasteiger partial charge in [0.15, 0.2) is 0 Å². The highest BCUT2D eigenvalue weighted by Crippen LogP contribution is 2.25. The first-order valence-corrected chi connectivity index (χ1v) is 7.23. The molecule has 0 saturated heterocycles. The molecule has 2 aromatic carbocycles. The van der Waals surface area contributed by atoms with E-state index in [4.69, 9.17) is 5.10 Å². The molecule has 0 bridgehead atoms. The van der Waals surface area contributed by atoms with E-state index in [2.05, 4.69) is 50.0 Å². The van der Waals surface area contributed by atoms with Crippen molar-refractivity contribution in [2.75, 3.05) is 0 Å². The molecule has 0 aliphatic rings. The van der Waals surface area contributed by atoms with Crippen LogP contribution in [0.15, 0.2) is 60.8 Å². The molecule has 3 aromatic rings. The van der Waals surface area contributed by atoms with E-state index in [9.17, 15) is 0 Å². The van der Waals surface area contributed by atoms with Crippen LogP contribution in [0.2, 0.25) is 0 Å². The van der Waals surface area contributed by atoms with E-state index >= 15 is 0 Å². The number of rotatable bonds is 3. The summed E-state index contributed by atoms with van der Waals surface area (Å²) in [5, 5.41) is 4.72. The molecule has 1 aromatic heterocycles. The number of aromatic nitrogens is 2. The van der Waals surface area contributed by atoms with Gasteiger partial charge in [-0.15, -0.1) is 0 Å². The van der Waals surface area contributed by atoms with Gasteiger partial charge >= 0.3 is 0 Å². The minimum Gasteiger partial charge on any atom is -0.240 e. The molecule has 0 atom stereocenters. The molecule has 3 heteroatoms. The lowest BCUT2D eigenvalue weighted by atomic mass is 10.1. The number of nitrogens with zero attached hydrogens (tertiary/aromatic N) is 2. The number of benzene rings is 2. The van der Waals surface area contributed by atoms with Gasteiger partial charge in [-0.1, -0.05) is 48.0 Å². The Balaban J connectivity index is 2.07. The van der Waals surface area contributed by atoms with Crippen LogP contribution in [-0.4, -0.2) is 9.78 Å². The molecule has 0 saturated carbocycles. The van der Waals surface area contributed by atoms with Crippen LogP contribution in [0, 0.1) is 6.92 Å². The van der Waals surface area contributed by atoms with Crippen molar-refractivity contribution in [3.05, 3.63) is 71.9 Å². The summed E-state index contributed by atoms with van der Waals surface area (Å²) >= 11 is 4.42. The van der Waals surface area contributed by atoms with Gasteiger partial charge in [0.05, 0.1) is 11.4 Å². The van der Waals surface area contributed by atoms with Crippen LogP contribution in [0.3, 0.4) is 0 Å². The standard InChI is InChI=1S/C17H16N2S/c1-13-7-9-14(10-8-13)17-15(12-20)11-19(18-17)16-5-3-2-4-6-16/h2-11,20H,12H2,1H3. The third-order valence-corrected chi connectivity index (χ3v) is 3.65. The van der Waals surface area contributed by atoms with E-state index in [1.807, 2.05) is 35.0 Å². The molecule has 0 amide bonds. The molecular formula is C17H16N2S. The van der Waals surface area contributed by atoms with Gasteiger partial charge in [0, 0.05) is 23.1 Å². The second-order valence-corrected chi connectivity index (χ2v) is 5.12. The third-order valence-electron chi connectivity index (χ3n) is 3.31.